The van der Waals surface area contributed by atoms with Crippen molar-refractivity contribution < 1.29 is 9.84 Å². The van der Waals surface area contributed by atoms with Gasteiger partial charge in [0.25, 0.3) is 0 Å². The molecule has 3 heteroatoms. The summed E-state index contributed by atoms with van der Waals surface area (Å²) in [7, 11) is 0. The average molecular weight is 206 g/mol. The molecule has 0 aliphatic carbocycles. The van der Waals surface area contributed by atoms with Gasteiger partial charge >= 0.3 is 0 Å². The number of hydrogen-bond donors (Lipinski definition) is 1. The molecule has 1 fully saturated rings. The third kappa shape index (κ3) is 2.02. The Balaban J connectivity index is 2.41. The molecule has 0 radical (unpaired) electrons. The Morgan fingerprint density at radius 3 is 2.73 bits per heavy atom. The van der Waals surface area contributed by atoms with Crippen LogP contribution in [0.4, 0.5) is 0 Å². The van der Waals surface area contributed by atoms with Crippen molar-refractivity contribution in [1.29, 1.82) is 0 Å². The maximum absolute atomic E-state index is 11.4. The monoisotopic (exact) mass is 206 g/mol. The number of ether oxygens (including phenoxy) is 1. The van der Waals surface area contributed by atoms with Gasteiger partial charge in [0.15, 0.2) is 5.75 Å². The van der Waals surface area contributed by atoms with Gasteiger partial charge in [-0.15, -0.1) is 0 Å². The average Bonchev–Trinajstić information content (AvgIpc) is 2.56. The first-order valence-electron chi connectivity index (χ1n) is 5.16. The molecule has 0 saturated carbocycles. The van der Waals surface area contributed by atoms with Crippen molar-refractivity contribution in [2.45, 2.75) is 32.0 Å². The molecule has 0 bridgehead atoms. The molecule has 15 heavy (non-hydrogen) atoms. The molecule has 1 aliphatic rings. The molecule has 1 aliphatic heterocycles. The van der Waals surface area contributed by atoms with Crippen LogP contribution in [0.25, 0.3) is 0 Å². The molecule has 1 aromatic rings. The van der Waals surface area contributed by atoms with Crippen molar-refractivity contribution in [2.75, 3.05) is 0 Å². The van der Waals surface area contributed by atoms with E-state index in [9.17, 15) is 9.90 Å². The van der Waals surface area contributed by atoms with E-state index in [1.54, 1.807) is 18.2 Å². The van der Waals surface area contributed by atoms with E-state index in [4.69, 9.17) is 4.74 Å². The molecule has 0 aromatic heterocycles. The van der Waals surface area contributed by atoms with Gasteiger partial charge in [0.1, 0.15) is 0 Å². The van der Waals surface area contributed by atoms with Crippen LogP contribution in [0.3, 0.4) is 0 Å². The summed E-state index contributed by atoms with van der Waals surface area (Å²) in [4.78, 5) is 11.4. The lowest BCUT2D eigenvalue weighted by molar-refractivity contribution is 0.0542. The smallest absolute Gasteiger partial charge is 0.220 e. The molecule has 1 saturated heterocycles. The van der Waals surface area contributed by atoms with Gasteiger partial charge < -0.3 is 9.84 Å². The summed E-state index contributed by atoms with van der Waals surface area (Å²) in [6.07, 6.45) is 1.89. The first-order valence-corrected chi connectivity index (χ1v) is 5.16. The lowest BCUT2D eigenvalue weighted by atomic mass is 10.1. The van der Waals surface area contributed by atoms with Crippen molar-refractivity contribution in [3.8, 4) is 5.75 Å². The quantitative estimate of drug-likeness (QED) is 0.764. The fraction of sp³-hybridized carbons (Fsp3) is 0.417. The molecule has 0 spiro atoms. The van der Waals surface area contributed by atoms with Gasteiger partial charge in [0.05, 0.1) is 12.2 Å². The molecule has 3 nitrogen and oxygen atoms in total. The maximum atomic E-state index is 11.4. The van der Waals surface area contributed by atoms with E-state index >= 15 is 0 Å². The fourth-order valence-electron chi connectivity index (χ4n) is 1.89. The standard InChI is InChI=1S/C12H14O3/c1-8-6-7-11(15-8)9-4-2-3-5-10(13)12(9)14/h2-5,8,11H,6-7H2,1H3,(H,13,14)/t8-,11?/m1/s1. The van der Waals surface area contributed by atoms with E-state index < -0.39 is 0 Å². The highest BCUT2D eigenvalue weighted by molar-refractivity contribution is 5.33. The number of hydrogen-bond acceptors (Lipinski definition) is 3. The lowest BCUT2D eigenvalue weighted by Crippen LogP contribution is -2.04. The van der Waals surface area contributed by atoms with Crippen molar-refractivity contribution in [3.05, 3.63) is 40.1 Å². The Morgan fingerprint density at radius 2 is 2.07 bits per heavy atom. The molecule has 1 unspecified atom stereocenters. The van der Waals surface area contributed by atoms with E-state index in [2.05, 4.69) is 0 Å². The zero-order chi connectivity index (χ0) is 10.8. The first kappa shape index (κ1) is 10.2. The van der Waals surface area contributed by atoms with Crippen LogP contribution in [0.5, 0.6) is 5.75 Å². The minimum absolute atomic E-state index is 0.139. The first-order chi connectivity index (χ1) is 7.18. The van der Waals surface area contributed by atoms with Crippen LogP contribution in [-0.4, -0.2) is 11.2 Å². The van der Waals surface area contributed by atoms with Crippen LogP contribution in [0.1, 0.15) is 31.4 Å². The molecule has 1 N–H and O–H groups in total. The second-order valence-electron chi connectivity index (χ2n) is 3.90. The molecule has 2 rings (SSSR count). The fourth-order valence-corrected chi connectivity index (χ4v) is 1.89. The Hall–Kier alpha value is -1.35. The summed E-state index contributed by atoms with van der Waals surface area (Å²) in [6.45, 7) is 2.00. The Bertz CT molecular complexity index is 414. The molecule has 0 amide bonds. The summed E-state index contributed by atoms with van der Waals surface area (Å²) in [5.74, 6) is -0.181. The number of aromatic hydroxyl groups is 1. The SMILES string of the molecule is C[C@@H]1CCC(c2ccccc(=O)c2O)O1. The molecule has 1 heterocycles. The summed E-state index contributed by atoms with van der Waals surface area (Å²) < 4.78 is 5.63. The van der Waals surface area contributed by atoms with Crippen LogP contribution < -0.4 is 5.43 Å². The van der Waals surface area contributed by atoms with Crippen LogP contribution >= 0.6 is 0 Å². The van der Waals surface area contributed by atoms with Crippen molar-refractivity contribution in [3.63, 3.8) is 0 Å². The second-order valence-corrected chi connectivity index (χ2v) is 3.90. The predicted octanol–water partition coefficient (Wildman–Crippen LogP) is 1.99. The van der Waals surface area contributed by atoms with E-state index in [1.165, 1.54) is 6.07 Å². The Labute approximate surface area is 88.3 Å². The largest absolute Gasteiger partial charge is 0.504 e. The van der Waals surface area contributed by atoms with Gasteiger partial charge in [-0.05, 0) is 25.8 Å². The van der Waals surface area contributed by atoms with E-state index in [1.807, 2.05) is 6.92 Å². The molecule has 2 atom stereocenters. The van der Waals surface area contributed by atoms with Crippen molar-refractivity contribution in [2.24, 2.45) is 0 Å². The molecule has 1 aromatic carbocycles. The van der Waals surface area contributed by atoms with Gasteiger partial charge in [-0.2, -0.15) is 0 Å². The Kier molecular flexibility index (Phi) is 2.73. The third-order valence-corrected chi connectivity index (χ3v) is 2.72. The van der Waals surface area contributed by atoms with Gasteiger partial charge in [-0.1, -0.05) is 18.2 Å². The lowest BCUT2D eigenvalue weighted by Gasteiger charge is -2.10. The summed E-state index contributed by atoms with van der Waals surface area (Å²) in [6, 6.07) is 6.49. The second kappa shape index (κ2) is 4.03. The van der Waals surface area contributed by atoms with Crippen molar-refractivity contribution >= 4 is 0 Å². The highest BCUT2D eigenvalue weighted by Crippen LogP contribution is 2.34. The minimum Gasteiger partial charge on any atom is -0.504 e. The number of rotatable bonds is 1. The molecular formula is C12H14O3. The third-order valence-electron chi connectivity index (χ3n) is 2.72. The predicted molar refractivity (Wildman–Crippen MR) is 56.9 cm³/mol. The summed E-state index contributed by atoms with van der Waals surface area (Å²) >= 11 is 0. The summed E-state index contributed by atoms with van der Waals surface area (Å²) in [5.41, 5.74) is 0.257. The van der Waals surface area contributed by atoms with Crippen LogP contribution in [0, 0.1) is 0 Å². The Morgan fingerprint density at radius 1 is 1.33 bits per heavy atom. The van der Waals surface area contributed by atoms with Gasteiger partial charge in [-0.25, -0.2) is 0 Å². The van der Waals surface area contributed by atoms with E-state index in [0.29, 0.717) is 5.56 Å². The van der Waals surface area contributed by atoms with Gasteiger partial charge in [-0.3, -0.25) is 4.79 Å². The topological polar surface area (TPSA) is 46.5 Å². The summed E-state index contributed by atoms with van der Waals surface area (Å²) in [5, 5.41) is 9.71. The van der Waals surface area contributed by atoms with Crippen LogP contribution in [0.2, 0.25) is 0 Å². The highest BCUT2D eigenvalue weighted by atomic mass is 16.5. The van der Waals surface area contributed by atoms with Gasteiger partial charge in [0.2, 0.25) is 5.43 Å². The van der Waals surface area contributed by atoms with Gasteiger partial charge in [0, 0.05) is 5.56 Å². The zero-order valence-corrected chi connectivity index (χ0v) is 8.64. The van der Waals surface area contributed by atoms with E-state index in [0.717, 1.165) is 12.8 Å². The highest BCUT2D eigenvalue weighted by Gasteiger charge is 2.25. The maximum Gasteiger partial charge on any atom is 0.220 e. The van der Waals surface area contributed by atoms with Crippen LogP contribution in [0.15, 0.2) is 29.1 Å². The van der Waals surface area contributed by atoms with E-state index in [-0.39, 0.29) is 23.4 Å². The van der Waals surface area contributed by atoms with Crippen molar-refractivity contribution in [1.82, 2.24) is 0 Å². The molecule has 80 valence electrons. The molecular weight excluding hydrogens is 192 g/mol. The normalized spacial score (nSPS) is 25.4. The van der Waals surface area contributed by atoms with Crippen LogP contribution in [-0.2, 0) is 4.74 Å². The zero-order valence-electron chi connectivity index (χ0n) is 8.64. The minimum atomic E-state index is -0.349.